The number of benzene rings is 1. The summed E-state index contributed by atoms with van der Waals surface area (Å²) in [6.07, 6.45) is 2.76. The quantitative estimate of drug-likeness (QED) is 0.371. The lowest BCUT2D eigenvalue weighted by molar-refractivity contribution is -0.384. The molecular formula is C15H12ClN3O4S. The summed E-state index contributed by atoms with van der Waals surface area (Å²) in [5, 5.41) is 15.9. The number of anilines is 1. The van der Waals surface area contributed by atoms with Gasteiger partial charge in [-0.2, -0.15) is 0 Å². The van der Waals surface area contributed by atoms with Gasteiger partial charge in [0, 0.05) is 17.8 Å². The lowest BCUT2D eigenvalue weighted by Gasteiger charge is -2.08. The molecule has 2 rings (SSSR count). The molecule has 0 fully saturated rings. The zero-order valence-electron chi connectivity index (χ0n) is 12.4. The van der Waals surface area contributed by atoms with E-state index < -0.39 is 10.8 Å². The second-order valence-electron chi connectivity index (χ2n) is 4.65. The van der Waals surface area contributed by atoms with E-state index >= 15 is 0 Å². The molecule has 24 heavy (non-hydrogen) atoms. The van der Waals surface area contributed by atoms with Gasteiger partial charge in [0.05, 0.1) is 4.92 Å². The molecule has 1 heterocycles. The van der Waals surface area contributed by atoms with Crippen LogP contribution in [0.4, 0.5) is 11.4 Å². The Bertz CT molecular complexity index is 832. The number of thiocarbonyl (C=S) groups is 1. The van der Waals surface area contributed by atoms with Gasteiger partial charge >= 0.3 is 0 Å². The maximum atomic E-state index is 11.8. The molecule has 2 N–H and O–H groups in total. The lowest BCUT2D eigenvalue weighted by atomic mass is 10.3. The van der Waals surface area contributed by atoms with Gasteiger partial charge in [-0.3, -0.25) is 20.2 Å². The highest BCUT2D eigenvalue weighted by atomic mass is 35.5. The first kappa shape index (κ1) is 17.6. The van der Waals surface area contributed by atoms with Crippen molar-refractivity contribution in [3.05, 3.63) is 63.1 Å². The van der Waals surface area contributed by atoms with Gasteiger partial charge in [0.1, 0.15) is 16.5 Å². The second kappa shape index (κ2) is 7.71. The minimum Gasteiger partial charge on any atom is -0.462 e. The van der Waals surface area contributed by atoms with Crippen LogP contribution in [-0.4, -0.2) is 15.9 Å². The molecule has 1 amide bonds. The Morgan fingerprint density at radius 3 is 2.75 bits per heavy atom. The number of amides is 1. The molecule has 0 bridgehead atoms. The predicted octanol–water partition coefficient (Wildman–Crippen LogP) is 3.68. The molecule has 0 saturated carbocycles. The molecule has 124 valence electrons. The van der Waals surface area contributed by atoms with Crippen molar-refractivity contribution in [3.63, 3.8) is 0 Å². The molecule has 0 aliphatic rings. The van der Waals surface area contributed by atoms with Gasteiger partial charge in [-0.15, -0.1) is 0 Å². The maximum absolute atomic E-state index is 11.8. The Morgan fingerprint density at radius 1 is 1.38 bits per heavy atom. The largest absolute Gasteiger partial charge is 0.462 e. The molecule has 0 aliphatic heterocycles. The standard InChI is InChI=1S/C15H12ClN3O4S/c1-9-2-4-11(23-9)5-7-14(20)18-15(24)17-10-3-6-12(16)13(8-10)19(21)22/h2-8H,1H3,(H2,17,18,20,24)/b7-5+. The van der Waals surface area contributed by atoms with Crippen molar-refractivity contribution in [1.29, 1.82) is 0 Å². The average molecular weight is 366 g/mol. The molecular weight excluding hydrogens is 354 g/mol. The third kappa shape index (κ3) is 4.90. The normalized spacial score (nSPS) is 10.6. The molecule has 1 aromatic heterocycles. The number of hydrogen-bond donors (Lipinski definition) is 2. The zero-order valence-corrected chi connectivity index (χ0v) is 14.0. The van der Waals surface area contributed by atoms with Gasteiger partial charge in [0.25, 0.3) is 5.69 Å². The highest BCUT2D eigenvalue weighted by Gasteiger charge is 2.13. The number of rotatable bonds is 4. The van der Waals surface area contributed by atoms with Crippen LogP contribution in [0.25, 0.3) is 6.08 Å². The number of halogens is 1. The van der Waals surface area contributed by atoms with Crippen LogP contribution >= 0.6 is 23.8 Å². The summed E-state index contributed by atoms with van der Waals surface area (Å²) in [5.41, 5.74) is 0.0749. The van der Waals surface area contributed by atoms with Gasteiger partial charge in [0.2, 0.25) is 5.91 Å². The molecule has 0 unspecified atom stereocenters. The number of carbonyl (C=O) groups excluding carboxylic acids is 1. The number of nitro benzene ring substituents is 1. The van der Waals surface area contributed by atoms with Crippen molar-refractivity contribution in [2.75, 3.05) is 5.32 Å². The van der Waals surface area contributed by atoms with Crippen LogP contribution in [0.3, 0.4) is 0 Å². The smallest absolute Gasteiger partial charge is 0.289 e. The average Bonchev–Trinajstić information content (AvgIpc) is 2.92. The first-order valence-corrected chi connectivity index (χ1v) is 7.44. The van der Waals surface area contributed by atoms with E-state index in [0.717, 1.165) is 5.76 Å². The molecule has 0 aliphatic carbocycles. The third-order valence-electron chi connectivity index (χ3n) is 2.80. The van der Waals surface area contributed by atoms with Crippen LogP contribution < -0.4 is 10.6 Å². The Balaban J connectivity index is 1.95. The van der Waals surface area contributed by atoms with E-state index in [4.69, 9.17) is 28.2 Å². The van der Waals surface area contributed by atoms with Crippen LogP contribution in [0.5, 0.6) is 0 Å². The van der Waals surface area contributed by atoms with Crippen molar-refractivity contribution in [2.45, 2.75) is 6.92 Å². The molecule has 0 atom stereocenters. The predicted molar refractivity (Wildman–Crippen MR) is 94.9 cm³/mol. The Morgan fingerprint density at radius 2 is 2.12 bits per heavy atom. The fourth-order valence-electron chi connectivity index (χ4n) is 1.75. The minimum absolute atomic E-state index is 0.00287. The molecule has 0 radical (unpaired) electrons. The molecule has 1 aromatic carbocycles. The zero-order chi connectivity index (χ0) is 17.7. The summed E-state index contributed by atoms with van der Waals surface area (Å²) in [4.78, 5) is 22.0. The maximum Gasteiger partial charge on any atom is 0.289 e. The van der Waals surface area contributed by atoms with Crippen molar-refractivity contribution >= 4 is 52.3 Å². The van der Waals surface area contributed by atoms with Crippen LogP contribution in [-0.2, 0) is 4.79 Å². The number of hydrogen-bond acceptors (Lipinski definition) is 5. The topological polar surface area (TPSA) is 97.4 Å². The number of nitrogens with zero attached hydrogens (tertiary/aromatic N) is 1. The molecule has 0 spiro atoms. The van der Waals surface area contributed by atoms with E-state index in [1.807, 2.05) is 0 Å². The van der Waals surface area contributed by atoms with Gasteiger partial charge < -0.3 is 9.73 Å². The fraction of sp³-hybridized carbons (Fsp3) is 0.0667. The summed E-state index contributed by atoms with van der Waals surface area (Å²) < 4.78 is 5.29. The first-order chi connectivity index (χ1) is 11.3. The number of nitrogens with one attached hydrogen (secondary N) is 2. The summed E-state index contributed by atoms with van der Waals surface area (Å²) >= 11 is 10.7. The first-order valence-electron chi connectivity index (χ1n) is 6.65. The number of carbonyl (C=O) groups is 1. The lowest BCUT2D eigenvalue weighted by Crippen LogP contribution is -2.32. The van der Waals surface area contributed by atoms with Gasteiger partial charge in [0.15, 0.2) is 5.11 Å². The van der Waals surface area contributed by atoms with Crippen LogP contribution in [0.1, 0.15) is 11.5 Å². The fourth-order valence-corrected chi connectivity index (χ4v) is 2.15. The van der Waals surface area contributed by atoms with E-state index in [1.165, 1.54) is 30.4 Å². The van der Waals surface area contributed by atoms with E-state index in [0.29, 0.717) is 11.4 Å². The highest BCUT2D eigenvalue weighted by molar-refractivity contribution is 7.80. The van der Waals surface area contributed by atoms with Crippen molar-refractivity contribution in [1.82, 2.24) is 5.32 Å². The third-order valence-corrected chi connectivity index (χ3v) is 3.32. The monoisotopic (exact) mass is 365 g/mol. The summed E-state index contributed by atoms with van der Waals surface area (Å²) in [6, 6.07) is 7.60. The van der Waals surface area contributed by atoms with Crippen LogP contribution in [0, 0.1) is 17.0 Å². The second-order valence-corrected chi connectivity index (χ2v) is 5.46. The van der Waals surface area contributed by atoms with Crippen molar-refractivity contribution < 1.29 is 14.1 Å². The molecule has 2 aromatic rings. The highest BCUT2D eigenvalue weighted by Crippen LogP contribution is 2.27. The number of nitro groups is 1. The van der Waals surface area contributed by atoms with E-state index in [-0.39, 0.29) is 15.8 Å². The SMILES string of the molecule is Cc1ccc(/C=C/C(=O)NC(=S)Nc2ccc(Cl)c([N+](=O)[O-])c2)o1. The number of furan rings is 1. The van der Waals surface area contributed by atoms with E-state index in [1.54, 1.807) is 19.1 Å². The molecule has 0 saturated heterocycles. The van der Waals surface area contributed by atoms with Crippen molar-refractivity contribution in [3.8, 4) is 0 Å². The number of aryl methyl sites for hydroxylation is 1. The molecule has 9 heteroatoms. The van der Waals surface area contributed by atoms with E-state index in [9.17, 15) is 14.9 Å². The van der Waals surface area contributed by atoms with E-state index in [2.05, 4.69) is 10.6 Å². The molecule has 7 nitrogen and oxygen atoms in total. The minimum atomic E-state index is -0.608. The van der Waals surface area contributed by atoms with Crippen LogP contribution in [0.15, 0.2) is 40.8 Å². The Hall–Kier alpha value is -2.71. The Labute approximate surface area is 147 Å². The van der Waals surface area contributed by atoms with Crippen LogP contribution in [0.2, 0.25) is 5.02 Å². The summed E-state index contributed by atoms with van der Waals surface area (Å²) in [6.45, 7) is 1.79. The van der Waals surface area contributed by atoms with Gasteiger partial charge in [-0.05, 0) is 49.5 Å². The van der Waals surface area contributed by atoms with Gasteiger partial charge in [-0.1, -0.05) is 11.6 Å². The van der Waals surface area contributed by atoms with Gasteiger partial charge in [-0.25, -0.2) is 0 Å². The Kier molecular flexibility index (Phi) is 5.67. The summed E-state index contributed by atoms with van der Waals surface area (Å²) in [5.74, 6) is 0.802. The van der Waals surface area contributed by atoms with Crippen molar-refractivity contribution in [2.24, 2.45) is 0 Å². The summed E-state index contributed by atoms with van der Waals surface area (Å²) in [7, 11) is 0.